The highest BCUT2D eigenvalue weighted by Gasteiger charge is 2.31. The van der Waals surface area contributed by atoms with Gasteiger partial charge in [-0.05, 0) is 23.3 Å². The molecule has 4 nitrogen and oxygen atoms in total. The van der Waals surface area contributed by atoms with Crippen molar-refractivity contribution in [3.63, 3.8) is 0 Å². The van der Waals surface area contributed by atoms with E-state index in [4.69, 9.17) is 5.11 Å². The minimum atomic E-state index is -4.49. The SMILES string of the molecule is OCc1cnn(Cc2ccc(-c3ccc(C(F)(F)F)cc3O)cc2)c1. The van der Waals surface area contributed by atoms with Crippen molar-refractivity contribution in [1.82, 2.24) is 9.78 Å². The monoisotopic (exact) mass is 348 g/mol. The highest BCUT2D eigenvalue weighted by Crippen LogP contribution is 2.36. The molecule has 0 fully saturated rings. The highest BCUT2D eigenvalue weighted by atomic mass is 19.4. The van der Waals surface area contributed by atoms with E-state index in [-0.39, 0.29) is 6.61 Å². The summed E-state index contributed by atoms with van der Waals surface area (Å²) >= 11 is 0. The number of aromatic hydroxyl groups is 1. The molecule has 3 aromatic rings. The Balaban J connectivity index is 1.80. The molecule has 1 aromatic heterocycles. The minimum Gasteiger partial charge on any atom is -0.507 e. The van der Waals surface area contributed by atoms with Crippen LogP contribution < -0.4 is 0 Å². The van der Waals surface area contributed by atoms with Gasteiger partial charge < -0.3 is 10.2 Å². The van der Waals surface area contributed by atoms with Crippen LogP contribution in [-0.2, 0) is 19.3 Å². The van der Waals surface area contributed by atoms with Gasteiger partial charge in [-0.25, -0.2) is 0 Å². The van der Waals surface area contributed by atoms with Crippen LogP contribution >= 0.6 is 0 Å². The van der Waals surface area contributed by atoms with E-state index in [1.807, 2.05) is 12.1 Å². The largest absolute Gasteiger partial charge is 0.507 e. The lowest BCUT2D eigenvalue weighted by atomic mass is 10.0. The van der Waals surface area contributed by atoms with Crippen LogP contribution in [0.2, 0.25) is 0 Å². The summed E-state index contributed by atoms with van der Waals surface area (Å²) < 4.78 is 39.6. The van der Waals surface area contributed by atoms with Gasteiger partial charge in [0.1, 0.15) is 5.75 Å². The fourth-order valence-electron chi connectivity index (χ4n) is 2.50. The van der Waals surface area contributed by atoms with Crippen LogP contribution in [0.25, 0.3) is 11.1 Å². The minimum absolute atomic E-state index is 0.0772. The second-order valence-electron chi connectivity index (χ2n) is 5.63. The molecule has 2 N–H and O–H groups in total. The highest BCUT2D eigenvalue weighted by molar-refractivity contribution is 5.70. The Bertz CT molecular complexity index is 871. The van der Waals surface area contributed by atoms with Gasteiger partial charge in [0, 0.05) is 17.3 Å². The molecule has 7 heteroatoms. The molecule has 0 radical (unpaired) electrons. The summed E-state index contributed by atoms with van der Waals surface area (Å²) in [5.74, 6) is -0.415. The van der Waals surface area contributed by atoms with Crippen LogP contribution in [0.1, 0.15) is 16.7 Å². The molecule has 0 aliphatic carbocycles. The number of aliphatic hydroxyl groups excluding tert-OH is 1. The van der Waals surface area contributed by atoms with Gasteiger partial charge in [-0.15, -0.1) is 0 Å². The van der Waals surface area contributed by atoms with E-state index in [0.29, 0.717) is 23.2 Å². The summed E-state index contributed by atoms with van der Waals surface area (Å²) in [7, 11) is 0. The van der Waals surface area contributed by atoms with Crippen molar-refractivity contribution >= 4 is 0 Å². The Hall–Kier alpha value is -2.80. The maximum Gasteiger partial charge on any atom is 0.416 e. The van der Waals surface area contributed by atoms with Crippen LogP contribution in [0.3, 0.4) is 0 Å². The first-order valence-corrected chi connectivity index (χ1v) is 7.48. The Labute approximate surface area is 141 Å². The fourth-order valence-corrected chi connectivity index (χ4v) is 2.50. The average molecular weight is 348 g/mol. The molecule has 0 saturated heterocycles. The van der Waals surface area contributed by atoms with Gasteiger partial charge in [0.25, 0.3) is 0 Å². The standard InChI is InChI=1S/C18H15F3N2O2/c19-18(20,21)15-5-6-16(17(25)7-15)14-3-1-12(2-4-14)9-23-10-13(11-24)8-22-23/h1-8,10,24-25H,9,11H2. The number of nitrogens with zero attached hydrogens (tertiary/aromatic N) is 2. The number of rotatable bonds is 4. The Morgan fingerprint density at radius 1 is 1.00 bits per heavy atom. The summed E-state index contributed by atoms with van der Waals surface area (Å²) in [5.41, 5.74) is 1.71. The van der Waals surface area contributed by atoms with E-state index in [1.165, 1.54) is 6.07 Å². The third-order valence-electron chi connectivity index (χ3n) is 3.80. The lowest BCUT2D eigenvalue weighted by Crippen LogP contribution is -2.04. The molecule has 0 spiro atoms. The smallest absolute Gasteiger partial charge is 0.416 e. The summed E-state index contributed by atoms with van der Waals surface area (Å²) in [6.45, 7) is 0.422. The van der Waals surface area contributed by atoms with Crippen molar-refractivity contribution in [3.8, 4) is 16.9 Å². The number of aromatic nitrogens is 2. The van der Waals surface area contributed by atoms with Crippen molar-refractivity contribution < 1.29 is 23.4 Å². The molecular formula is C18H15F3N2O2. The lowest BCUT2D eigenvalue weighted by Gasteiger charge is -2.11. The van der Waals surface area contributed by atoms with Gasteiger partial charge in [0.05, 0.1) is 24.9 Å². The molecule has 25 heavy (non-hydrogen) atoms. The third-order valence-corrected chi connectivity index (χ3v) is 3.80. The van der Waals surface area contributed by atoms with Gasteiger partial charge in [0.15, 0.2) is 0 Å². The third kappa shape index (κ3) is 3.83. The lowest BCUT2D eigenvalue weighted by molar-refractivity contribution is -0.137. The average Bonchev–Trinajstić information content (AvgIpc) is 3.02. The Kier molecular flexibility index (Phi) is 4.50. The van der Waals surface area contributed by atoms with E-state index >= 15 is 0 Å². The van der Waals surface area contributed by atoms with E-state index in [9.17, 15) is 18.3 Å². The molecule has 0 atom stereocenters. The van der Waals surface area contributed by atoms with Crippen LogP contribution in [0.5, 0.6) is 5.75 Å². The number of hydrogen-bond acceptors (Lipinski definition) is 3. The second-order valence-corrected chi connectivity index (χ2v) is 5.63. The number of phenolic OH excluding ortho intramolecular Hbond substituents is 1. The van der Waals surface area contributed by atoms with Gasteiger partial charge >= 0.3 is 6.18 Å². The normalized spacial score (nSPS) is 11.7. The second kappa shape index (κ2) is 6.60. The molecular weight excluding hydrogens is 333 g/mol. The zero-order chi connectivity index (χ0) is 18.0. The van der Waals surface area contributed by atoms with Gasteiger partial charge in [0.2, 0.25) is 0 Å². The predicted molar refractivity (Wildman–Crippen MR) is 85.8 cm³/mol. The predicted octanol–water partition coefficient (Wildman–Crippen LogP) is 3.82. The summed E-state index contributed by atoms with van der Waals surface area (Å²) in [6, 6.07) is 10.0. The maximum absolute atomic E-state index is 12.7. The topological polar surface area (TPSA) is 58.3 Å². The van der Waals surface area contributed by atoms with Gasteiger partial charge in [-0.2, -0.15) is 18.3 Å². The van der Waals surface area contributed by atoms with Gasteiger partial charge in [-0.1, -0.05) is 30.3 Å². The van der Waals surface area contributed by atoms with Crippen LogP contribution in [0.15, 0.2) is 54.9 Å². The number of halogens is 3. The van der Waals surface area contributed by atoms with E-state index < -0.39 is 17.5 Å². The molecule has 130 valence electrons. The Morgan fingerprint density at radius 2 is 1.72 bits per heavy atom. The van der Waals surface area contributed by atoms with Crippen molar-refractivity contribution in [3.05, 3.63) is 71.5 Å². The van der Waals surface area contributed by atoms with Crippen molar-refractivity contribution in [2.75, 3.05) is 0 Å². The van der Waals surface area contributed by atoms with E-state index in [0.717, 1.165) is 17.7 Å². The molecule has 3 rings (SSSR count). The molecule has 2 aromatic carbocycles. The van der Waals surface area contributed by atoms with Crippen LogP contribution in [0.4, 0.5) is 13.2 Å². The zero-order valence-corrected chi connectivity index (χ0v) is 13.0. The first-order chi connectivity index (χ1) is 11.9. The number of hydrogen-bond donors (Lipinski definition) is 2. The fraction of sp³-hybridized carbons (Fsp3) is 0.167. The summed E-state index contributed by atoms with van der Waals surface area (Å²) in [4.78, 5) is 0. The first kappa shape index (κ1) is 17.0. The van der Waals surface area contributed by atoms with Crippen molar-refractivity contribution in [2.24, 2.45) is 0 Å². The van der Waals surface area contributed by atoms with Gasteiger partial charge in [-0.3, -0.25) is 4.68 Å². The van der Waals surface area contributed by atoms with Crippen LogP contribution in [0, 0.1) is 0 Å². The number of aliphatic hydroxyl groups is 1. The number of phenols is 1. The molecule has 0 aliphatic heterocycles. The Morgan fingerprint density at radius 3 is 2.28 bits per heavy atom. The maximum atomic E-state index is 12.7. The van der Waals surface area contributed by atoms with E-state index in [1.54, 1.807) is 29.2 Å². The zero-order valence-electron chi connectivity index (χ0n) is 13.0. The first-order valence-electron chi connectivity index (χ1n) is 7.48. The van der Waals surface area contributed by atoms with Crippen LogP contribution in [-0.4, -0.2) is 20.0 Å². The molecule has 0 aliphatic rings. The molecule has 0 unspecified atom stereocenters. The molecule has 0 amide bonds. The summed E-state index contributed by atoms with van der Waals surface area (Å²) in [5, 5.41) is 23.1. The molecule has 0 saturated carbocycles. The number of alkyl halides is 3. The molecule has 0 bridgehead atoms. The van der Waals surface area contributed by atoms with E-state index in [2.05, 4.69) is 5.10 Å². The quantitative estimate of drug-likeness (QED) is 0.754. The van der Waals surface area contributed by atoms with Crippen molar-refractivity contribution in [2.45, 2.75) is 19.3 Å². The number of benzene rings is 2. The summed E-state index contributed by atoms with van der Waals surface area (Å²) in [6.07, 6.45) is -1.18. The van der Waals surface area contributed by atoms with Crippen molar-refractivity contribution in [1.29, 1.82) is 0 Å². The molecule has 1 heterocycles.